The molecule has 0 aromatic rings. The third-order valence-corrected chi connectivity index (χ3v) is 19.7. The molecule has 3 saturated heterocycles. The number of nitrogens with one attached hydrogen (secondary N) is 1. The molecular formula is C82H145NO18. The number of hydrogen-bond donors (Lipinski definition) is 12. The van der Waals surface area contributed by atoms with Crippen LogP contribution in [0.25, 0.3) is 0 Å². The number of ether oxygens (including phenoxy) is 6. The van der Waals surface area contributed by atoms with Crippen LogP contribution in [0.15, 0.2) is 85.1 Å². The molecule has 19 heteroatoms. The number of unbranched alkanes of at least 4 members (excludes halogenated alkanes) is 35. The SMILES string of the molecule is CC/C=C\C/C=C\C/C=C\C/C=C\CCCCCCCCCCCCC(=O)NC(COC1OC(CO)C(OC2OC(CO)C(OC3OC(CO)C(O)C(O)C3O)C(O)C2O)C(O)C1O)C(O)/C=C/CC/C=C/CC/C=C/CCCCCCCCCCCCCCCCCCCCCCCCC. The van der Waals surface area contributed by atoms with E-state index in [1.807, 2.05) is 6.08 Å². The second kappa shape index (κ2) is 62.1. The van der Waals surface area contributed by atoms with E-state index in [1.165, 1.54) is 180 Å². The summed E-state index contributed by atoms with van der Waals surface area (Å²) in [6.07, 6.45) is 55.8. The molecule has 0 spiro atoms. The minimum atomic E-state index is -1.99. The third kappa shape index (κ3) is 42.2. The van der Waals surface area contributed by atoms with E-state index in [0.29, 0.717) is 12.8 Å². The second-order valence-corrected chi connectivity index (χ2v) is 28.5. The van der Waals surface area contributed by atoms with E-state index in [1.54, 1.807) is 6.08 Å². The molecule has 3 aliphatic heterocycles. The van der Waals surface area contributed by atoms with Gasteiger partial charge in [-0.1, -0.05) is 292 Å². The lowest BCUT2D eigenvalue weighted by Crippen LogP contribution is -2.66. The zero-order chi connectivity index (χ0) is 73.2. The Hall–Kier alpha value is -3.03. The highest BCUT2D eigenvalue weighted by Gasteiger charge is 2.54. The number of amides is 1. The molecule has 586 valence electrons. The van der Waals surface area contributed by atoms with Crippen molar-refractivity contribution in [3.05, 3.63) is 85.1 Å². The zero-order valence-corrected chi connectivity index (χ0v) is 62.6. The molecule has 17 unspecified atom stereocenters. The molecule has 12 N–H and O–H groups in total. The van der Waals surface area contributed by atoms with Crippen molar-refractivity contribution in [2.45, 2.75) is 401 Å². The maximum Gasteiger partial charge on any atom is 0.220 e. The highest BCUT2D eigenvalue weighted by atomic mass is 16.8. The van der Waals surface area contributed by atoms with Crippen molar-refractivity contribution in [1.29, 1.82) is 0 Å². The Labute approximate surface area is 610 Å². The van der Waals surface area contributed by atoms with Gasteiger partial charge < -0.3 is 89.9 Å². The zero-order valence-electron chi connectivity index (χ0n) is 62.6. The van der Waals surface area contributed by atoms with Gasteiger partial charge in [0.05, 0.1) is 38.6 Å². The molecule has 0 saturated carbocycles. The molecule has 19 nitrogen and oxygen atoms in total. The normalized spacial score (nSPS) is 26.8. The fraction of sp³-hybridized carbons (Fsp3) is 0.817. The molecule has 17 atom stereocenters. The van der Waals surface area contributed by atoms with E-state index in [0.717, 1.165) is 83.5 Å². The van der Waals surface area contributed by atoms with Gasteiger partial charge in [-0.15, -0.1) is 0 Å². The first kappa shape index (κ1) is 92.2. The molecule has 1 amide bonds. The summed E-state index contributed by atoms with van der Waals surface area (Å²) >= 11 is 0. The smallest absolute Gasteiger partial charge is 0.220 e. The summed E-state index contributed by atoms with van der Waals surface area (Å²) < 4.78 is 34.4. The van der Waals surface area contributed by atoms with Crippen molar-refractivity contribution in [2.24, 2.45) is 0 Å². The first-order valence-electron chi connectivity index (χ1n) is 40.3. The van der Waals surface area contributed by atoms with Gasteiger partial charge >= 0.3 is 0 Å². The maximum absolute atomic E-state index is 13.5. The quantitative estimate of drug-likeness (QED) is 0.0199. The fourth-order valence-electron chi connectivity index (χ4n) is 13.2. The molecule has 101 heavy (non-hydrogen) atoms. The van der Waals surface area contributed by atoms with Gasteiger partial charge in [0.1, 0.15) is 73.2 Å². The van der Waals surface area contributed by atoms with Gasteiger partial charge in [0, 0.05) is 6.42 Å². The Bertz CT molecular complexity index is 2150. The average molecular weight is 1430 g/mol. The van der Waals surface area contributed by atoms with Crippen molar-refractivity contribution in [1.82, 2.24) is 5.32 Å². The number of rotatable bonds is 63. The maximum atomic E-state index is 13.5. The molecule has 0 radical (unpaired) electrons. The van der Waals surface area contributed by atoms with Crippen molar-refractivity contribution in [3.8, 4) is 0 Å². The summed E-state index contributed by atoms with van der Waals surface area (Å²) in [6.45, 7) is 1.62. The molecule has 0 aromatic heterocycles. The number of aliphatic hydroxyl groups excluding tert-OH is 11. The van der Waals surface area contributed by atoms with Gasteiger partial charge in [-0.2, -0.15) is 0 Å². The van der Waals surface area contributed by atoms with E-state index < -0.39 is 124 Å². The third-order valence-electron chi connectivity index (χ3n) is 19.7. The minimum Gasteiger partial charge on any atom is -0.394 e. The standard InChI is InChI=1S/C82H145NO18/c1-3-5-7-9-11-13-15-17-19-21-23-25-27-28-29-30-31-32-33-34-35-36-38-39-41-43-45-47-49-51-53-55-57-59-66(87)65(83-70(88)60-58-56-54-52-50-48-46-44-42-40-37-26-24-22-20-18-16-14-12-10-8-6-4-2)64-96-80-76(94)73(91)78(68(62-85)98-80)101-82-77(95)74(92)79(69(63-86)99-82)100-81-75(93)72(90)71(89)67(61-84)97-81/h6,8,12,14,18,20,24,26,41,43,49,51,57,59,65-69,71-82,84-87,89-95H,3-5,7,9-11,13,15-17,19,21-23,25,27-40,42,44-48,50,52-56,58,60-64H2,1-2H3,(H,83,88)/b8-6-,14-12-,20-18-,26-24-,43-41+,51-49+,59-57+. The molecular weight excluding hydrogens is 1290 g/mol. The van der Waals surface area contributed by atoms with E-state index in [2.05, 4.69) is 92.1 Å². The summed E-state index contributed by atoms with van der Waals surface area (Å²) in [5.41, 5.74) is 0. The molecule has 3 fully saturated rings. The second-order valence-electron chi connectivity index (χ2n) is 28.5. The van der Waals surface area contributed by atoms with Crippen LogP contribution in [-0.2, 0) is 33.2 Å². The summed E-state index contributed by atoms with van der Waals surface area (Å²) in [6, 6.07) is -1.01. The molecule has 0 aliphatic carbocycles. The number of hydrogen-bond acceptors (Lipinski definition) is 18. The molecule has 3 heterocycles. The lowest BCUT2D eigenvalue weighted by Gasteiger charge is -2.48. The van der Waals surface area contributed by atoms with Gasteiger partial charge in [0.25, 0.3) is 0 Å². The molecule has 0 bridgehead atoms. The summed E-state index contributed by atoms with van der Waals surface area (Å²) in [7, 11) is 0. The topological polar surface area (TPSA) is 307 Å². The Morgan fingerprint density at radius 2 is 0.693 bits per heavy atom. The first-order chi connectivity index (χ1) is 49.3. The van der Waals surface area contributed by atoms with E-state index in [-0.39, 0.29) is 18.9 Å². The molecule has 0 aromatic carbocycles. The number of carbonyl (C=O) groups is 1. The number of allylic oxidation sites excluding steroid dienone is 13. The number of aliphatic hydroxyl groups is 11. The summed E-state index contributed by atoms with van der Waals surface area (Å²) in [5.74, 6) is -0.295. The highest BCUT2D eigenvalue weighted by molar-refractivity contribution is 5.76. The van der Waals surface area contributed by atoms with Crippen LogP contribution in [0, 0.1) is 0 Å². The Balaban J connectivity index is 1.39. The number of carbonyl (C=O) groups excluding carboxylic acids is 1. The van der Waals surface area contributed by atoms with E-state index in [9.17, 15) is 61.0 Å². The van der Waals surface area contributed by atoms with Crippen LogP contribution in [0.3, 0.4) is 0 Å². The van der Waals surface area contributed by atoms with Crippen molar-refractivity contribution >= 4 is 5.91 Å². The van der Waals surface area contributed by atoms with Crippen molar-refractivity contribution in [2.75, 3.05) is 26.4 Å². The Morgan fingerprint density at radius 1 is 0.366 bits per heavy atom. The largest absolute Gasteiger partial charge is 0.394 e. The van der Waals surface area contributed by atoms with Gasteiger partial charge in [-0.3, -0.25) is 4.79 Å². The first-order valence-corrected chi connectivity index (χ1v) is 40.3. The van der Waals surface area contributed by atoms with E-state index >= 15 is 0 Å². The van der Waals surface area contributed by atoms with Gasteiger partial charge in [0.15, 0.2) is 18.9 Å². The van der Waals surface area contributed by atoms with Crippen LogP contribution < -0.4 is 5.32 Å². The summed E-state index contributed by atoms with van der Waals surface area (Å²) in [4.78, 5) is 13.5. The Morgan fingerprint density at radius 3 is 1.11 bits per heavy atom. The lowest BCUT2D eigenvalue weighted by molar-refractivity contribution is -0.379. The van der Waals surface area contributed by atoms with Gasteiger partial charge in [0.2, 0.25) is 5.91 Å². The van der Waals surface area contributed by atoms with Crippen molar-refractivity contribution in [3.63, 3.8) is 0 Å². The lowest BCUT2D eigenvalue weighted by atomic mass is 9.96. The van der Waals surface area contributed by atoms with Crippen LogP contribution in [-0.4, -0.2) is 193 Å². The van der Waals surface area contributed by atoms with Crippen molar-refractivity contribution < 1.29 is 89.4 Å². The van der Waals surface area contributed by atoms with Crippen LogP contribution in [0.5, 0.6) is 0 Å². The minimum absolute atomic E-state index is 0.223. The molecule has 3 rings (SSSR count). The fourth-order valence-corrected chi connectivity index (χ4v) is 13.2. The van der Waals surface area contributed by atoms with Crippen LogP contribution in [0.1, 0.15) is 296 Å². The van der Waals surface area contributed by atoms with Crippen LogP contribution >= 0.6 is 0 Å². The highest BCUT2D eigenvalue weighted by Crippen LogP contribution is 2.33. The Kier molecular flexibility index (Phi) is 56.6. The van der Waals surface area contributed by atoms with Gasteiger partial charge in [-0.25, -0.2) is 0 Å². The van der Waals surface area contributed by atoms with Gasteiger partial charge in [-0.05, 0) is 83.5 Å². The molecule has 3 aliphatic rings. The monoisotopic (exact) mass is 1430 g/mol. The van der Waals surface area contributed by atoms with Crippen LogP contribution in [0.4, 0.5) is 0 Å². The average Bonchev–Trinajstić information content (AvgIpc) is 0.782. The van der Waals surface area contributed by atoms with E-state index in [4.69, 9.17) is 28.4 Å². The predicted octanol–water partition coefficient (Wildman–Crippen LogP) is 13.4. The predicted molar refractivity (Wildman–Crippen MR) is 401 cm³/mol. The van der Waals surface area contributed by atoms with Crippen LogP contribution in [0.2, 0.25) is 0 Å². The summed E-state index contributed by atoms with van der Waals surface area (Å²) in [5, 5.41) is 121.